The Morgan fingerprint density at radius 3 is 2.50 bits per heavy atom. The molecule has 0 amide bonds. The van der Waals surface area contributed by atoms with Crippen LogP contribution in [0.4, 0.5) is 0 Å². The summed E-state index contributed by atoms with van der Waals surface area (Å²) in [6.07, 6.45) is 0.528. The number of carbonyl (C=O) groups is 1. The van der Waals surface area contributed by atoms with E-state index in [1.165, 1.54) is 21.6 Å². The molecular weight excluding hydrogens is 264 g/mol. The first kappa shape index (κ1) is 14.9. The van der Waals surface area contributed by atoms with Crippen molar-refractivity contribution in [1.82, 2.24) is 0 Å². The van der Waals surface area contributed by atoms with Gasteiger partial charge in [-0.25, -0.2) is 0 Å². The molecule has 0 fully saturated rings. The molecule has 0 spiro atoms. The maximum Gasteiger partial charge on any atom is 0.147 e. The average Bonchev–Trinajstić information content (AvgIpc) is 2.41. The number of Topliss-reactive ketones (excluding diaryl/α,β-unsaturated/α-hetero) is 1. The molecule has 0 atom stereocenters. The first-order valence-electron chi connectivity index (χ1n) is 6.82. The summed E-state index contributed by atoms with van der Waals surface area (Å²) in [6, 6.07) is 14.5. The highest BCUT2D eigenvalue weighted by atomic mass is 32.2. The van der Waals surface area contributed by atoms with Crippen molar-refractivity contribution in [2.75, 3.05) is 5.75 Å². The Hall–Kier alpha value is -1.54. The predicted octanol–water partition coefficient (Wildman–Crippen LogP) is 4.52. The third kappa shape index (κ3) is 4.24. The zero-order chi connectivity index (χ0) is 14.5. The van der Waals surface area contributed by atoms with Crippen molar-refractivity contribution in [1.29, 1.82) is 0 Å². The molecule has 0 aromatic heterocycles. The van der Waals surface area contributed by atoms with Gasteiger partial charge in [-0.15, -0.1) is 11.8 Å². The highest BCUT2D eigenvalue weighted by Crippen LogP contribution is 2.19. The smallest absolute Gasteiger partial charge is 0.147 e. The molecule has 2 heteroatoms. The molecule has 0 heterocycles. The fraction of sp³-hybridized carbons (Fsp3) is 0.278. The Labute approximate surface area is 125 Å². The fourth-order valence-electron chi connectivity index (χ4n) is 2.06. The third-order valence-electron chi connectivity index (χ3n) is 3.36. The number of aryl methyl sites for hydroxylation is 3. The molecule has 0 aliphatic carbocycles. The molecule has 20 heavy (non-hydrogen) atoms. The molecule has 0 bridgehead atoms. The molecule has 2 aromatic carbocycles. The lowest BCUT2D eigenvalue weighted by Gasteiger charge is -2.05. The number of benzene rings is 2. The minimum Gasteiger partial charge on any atom is -0.298 e. The molecule has 2 rings (SSSR count). The highest BCUT2D eigenvalue weighted by molar-refractivity contribution is 8.00. The predicted molar refractivity (Wildman–Crippen MR) is 86.5 cm³/mol. The zero-order valence-corrected chi connectivity index (χ0v) is 13.1. The standard InChI is InChI=1S/C18H20OS/c1-13-5-4-6-18(9-13)20-12-17(19)11-16-8-7-14(2)15(3)10-16/h4-10H,11-12H2,1-3H3. The van der Waals surface area contributed by atoms with Crippen LogP contribution in [-0.2, 0) is 11.2 Å². The SMILES string of the molecule is Cc1cccc(SCC(=O)Cc2ccc(C)c(C)c2)c1. The van der Waals surface area contributed by atoms with Crippen molar-refractivity contribution in [3.8, 4) is 0 Å². The first-order chi connectivity index (χ1) is 9.54. The second-order valence-electron chi connectivity index (χ2n) is 5.24. The van der Waals surface area contributed by atoms with Crippen LogP contribution >= 0.6 is 11.8 Å². The van der Waals surface area contributed by atoms with Gasteiger partial charge in [0, 0.05) is 11.3 Å². The normalized spacial score (nSPS) is 10.6. The second kappa shape index (κ2) is 6.76. The largest absolute Gasteiger partial charge is 0.298 e. The topological polar surface area (TPSA) is 17.1 Å². The maximum atomic E-state index is 12.0. The van der Waals surface area contributed by atoms with E-state index >= 15 is 0 Å². The van der Waals surface area contributed by atoms with Crippen molar-refractivity contribution in [2.24, 2.45) is 0 Å². The van der Waals surface area contributed by atoms with Crippen LogP contribution in [0, 0.1) is 20.8 Å². The van der Waals surface area contributed by atoms with Gasteiger partial charge in [-0.1, -0.05) is 35.9 Å². The van der Waals surface area contributed by atoms with Gasteiger partial charge in [0.25, 0.3) is 0 Å². The lowest BCUT2D eigenvalue weighted by atomic mass is 10.0. The molecule has 0 radical (unpaired) electrons. The van der Waals surface area contributed by atoms with Crippen LogP contribution in [0.3, 0.4) is 0 Å². The second-order valence-corrected chi connectivity index (χ2v) is 6.29. The van der Waals surface area contributed by atoms with Gasteiger partial charge in [-0.05, 0) is 49.6 Å². The van der Waals surface area contributed by atoms with Gasteiger partial charge >= 0.3 is 0 Å². The van der Waals surface area contributed by atoms with Crippen LogP contribution in [0.15, 0.2) is 47.4 Å². The summed E-state index contributed by atoms with van der Waals surface area (Å²) < 4.78 is 0. The van der Waals surface area contributed by atoms with Gasteiger partial charge in [0.15, 0.2) is 0 Å². The van der Waals surface area contributed by atoms with Crippen LogP contribution in [0.25, 0.3) is 0 Å². The van der Waals surface area contributed by atoms with E-state index in [4.69, 9.17) is 0 Å². The minimum absolute atomic E-state index is 0.278. The Morgan fingerprint density at radius 2 is 1.80 bits per heavy atom. The molecule has 0 unspecified atom stereocenters. The van der Waals surface area contributed by atoms with Crippen molar-refractivity contribution in [3.63, 3.8) is 0 Å². The van der Waals surface area contributed by atoms with E-state index in [2.05, 4.69) is 57.2 Å². The zero-order valence-electron chi connectivity index (χ0n) is 12.3. The van der Waals surface area contributed by atoms with E-state index in [1.807, 2.05) is 6.07 Å². The first-order valence-corrected chi connectivity index (χ1v) is 7.80. The van der Waals surface area contributed by atoms with Crippen LogP contribution < -0.4 is 0 Å². The summed E-state index contributed by atoms with van der Waals surface area (Å²) in [7, 11) is 0. The Kier molecular flexibility index (Phi) is 5.02. The van der Waals surface area contributed by atoms with Crippen molar-refractivity contribution in [3.05, 3.63) is 64.7 Å². The summed E-state index contributed by atoms with van der Waals surface area (Å²) in [5.41, 5.74) is 4.87. The highest BCUT2D eigenvalue weighted by Gasteiger charge is 2.06. The summed E-state index contributed by atoms with van der Waals surface area (Å²) in [6.45, 7) is 6.25. The third-order valence-corrected chi connectivity index (χ3v) is 4.42. The maximum absolute atomic E-state index is 12.0. The number of hydrogen-bond donors (Lipinski definition) is 0. The lowest BCUT2D eigenvalue weighted by molar-refractivity contribution is -0.116. The van der Waals surface area contributed by atoms with Crippen LogP contribution in [-0.4, -0.2) is 11.5 Å². The van der Waals surface area contributed by atoms with E-state index in [0.29, 0.717) is 12.2 Å². The molecule has 0 saturated heterocycles. The minimum atomic E-state index is 0.278. The molecule has 0 N–H and O–H groups in total. The number of hydrogen-bond acceptors (Lipinski definition) is 2. The fourth-order valence-corrected chi connectivity index (χ4v) is 2.93. The van der Waals surface area contributed by atoms with E-state index in [0.717, 1.165) is 5.56 Å². The lowest BCUT2D eigenvalue weighted by Crippen LogP contribution is -2.06. The monoisotopic (exact) mass is 284 g/mol. The summed E-state index contributed by atoms with van der Waals surface area (Å²) in [5.74, 6) is 0.816. The Morgan fingerprint density at radius 1 is 1.00 bits per heavy atom. The summed E-state index contributed by atoms with van der Waals surface area (Å²) in [5, 5.41) is 0. The van der Waals surface area contributed by atoms with Crippen LogP contribution in [0.1, 0.15) is 22.3 Å². The molecule has 0 aliphatic rings. The number of rotatable bonds is 5. The van der Waals surface area contributed by atoms with Gasteiger partial charge < -0.3 is 0 Å². The van der Waals surface area contributed by atoms with Crippen molar-refractivity contribution < 1.29 is 4.79 Å². The summed E-state index contributed by atoms with van der Waals surface area (Å²) >= 11 is 1.62. The molecule has 0 aliphatic heterocycles. The van der Waals surface area contributed by atoms with Gasteiger partial charge in [0.1, 0.15) is 5.78 Å². The molecule has 1 nitrogen and oxygen atoms in total. The molecule has 104 valence electrons. The number of carbonyl (C=O) groups excluding carboxylic acids is 1. The molecule has 2 aromatic rings. The quantitative estimate of drug-likeness (QED) is 0.751. The van der Waals surface area contributed by atoms with Gasteiger partial charge in [-0.3, -0.25) is 4.79 Å². The van der Waals surface area contributed by atoms with E-state index in [-0.39, 0.29) is 5.78 Å². The van der Waals surface area contributed by atoms with E-state index < -0.39 is 0 Å². The van der Waals surface area contributed by atoms with Crippen molar-refractivity contribution >= 4 is 17.5 Å². The van der Waals surface area contributed by atoms with Crippen LogP contribution in [0.2, 0.25) is 0 Å². The molecule has 0 saturated carbocycles. The van der Waals surface area contributed by atoms with Gasteiger partial charge in [-0.2, -0.15) is 0 Å². The number of ketones is 1. The van der Waals surface area contributed by atoms with E-state index in [9.17, 15) is 4.79 Å². The average molecular weight is 284 g/mol. The molecular formula is C18H20OS. The van der Waals surface area contributed by atoms with E-state index in [1.54, 1.807) is 11.8 Å². The van der Waals surface area contributed by atoms with Gasteiger partial charge in [0.05, 0.1) is 5.75 Å². The van der Waals surface area contributed by atoms with Crippen LogP contribution in [0.5, 0.6) is 0 Å². The van der Waals surface area contributed by atoms with Gasteiger partial charge in [0.2, 0.25) is 0 Å². The summed E-state index contributed by atoms with van der Waals surface area (Å²) in [4.78, 5) is 13.2. The Bertz CT molecular complexity index is 617. The number of thioether (sulfide) groups is 1. The van der Waals surface area contributed by atoms with Crippen molar-refractivity contribution in [2.45, 2.75) is 32.1 Å². The Balaban J connectivity index is 1.91.